The van der Waals surface area contributed by atoms with Gasteiger partial charge in [0.05, 0.1) is 10.6 Å². The number of unbranched alkanes of at least 4 members (excludes halogenated alkanes) is 1. The monoisotopic (exact) mass is 307 g/mol. The minimum absolute atomic E-state index is 0.308. The second-order valence-corrected chi connectivity index (χ2v) is 7.44. The van der Waals surface area contributed by atoms with E-state index in [4.69, 9.17) is 0 Å². The van der Waals surface area contributed by atoms with Crippen LogP contribution in [-0.2, 0) is 9.84 Å². The summed E-state index contributed by atoms with van der Waals surface area (Å²) in [5.74, 6) is 0. The third-order valence-corrected chi connectivity index (χ3v) is 4.96. The Hall–Kier alpha value is -1.62. The molecule has 0 aliphatic heterocycles. The highest BCUT2D eigenvalue weighted by molar-refractivity contribution is 7.90. The van der Waals surface area contributed by atoms with Crippen LogP contribution >= 0.6 is 0 Å². The topological polar surface area (TPSA) is 66.7 Å². The van der Waals surface area contributed by atoms with Gasteiger partial charge in [-0.3, -0.25) is 0 Å². The van der Waals surface area contributed by atoms with Gasteiger partial charge in [0.25, 0.3) is 0 Å². The maximum Gasteiger partial charge on any atom is 0.175 e. The number of nitrogens with zero attached hydrogens (tertiary/aromatic N) is 1. The molecule has 2 rings (SSSR count). The molecule has 0 fully saturated rings. The fourth-order valence-electron chi connectivity index (χ4n) is 2.70. The first kappa shape index (κ1) is 15.8. The van der Waals surface area contributed by atoms with E-state index < -0.39 is 9.84 Å². The third kappa shape index (κ3) is 3.53. The van der Waals surface area contributed by atoms with Crippen LogP contribution in [0.5, 0.6) is 0 Å². The first-order valence-electron chi connectivity index (χ1n) is 7.21. The lowest BCUT2D eigenvalue weighted by Crippen LogP contribution is -2.00. The average molecular weight is 307 g/mol. The Morgan fingerprint density at radius 1 is 1.19 bits per heavy atom. The predicted octanol–water partition coefficient (Wildman–Crippen LogP) is 3.66. The van der Waals surface area contributed by atoms with E-state index in [0.717, 1.165) is 43.2 Å². The van der Waals surface area contributed by atoms with Crippen molar-refractivity contribution < 1.29 is 13.6 Å². The molecule has 0 bridgehead atoms. The molecule has 0 atom stereocenters. The molecular weight excluding hydrogens is 286 g/mol. The molecule has 0 saturated carbocycles. The van der Waals surface area contributed by atoms with Gasteiger partial charge in [0.2, 0.25) is 0 Å². The Morgan fingerprint density at radius 3 is 2.38 bits per heavy atom. The van der Waals surface area contributed by atoms with E-state index in [-0.39, 0.29) is 0 Å². The van der Waals surface area contributed by atoms with Crippen LogP contribution in [0.2, 0.25) is 0 Å². The SMILES string of the molecule is CCCCC1=C(c2ccc(S(C)(=O)=O)cc2)/C(=N/O)CC1. The van der Waals surface area contributed by atoms with Crippen LogP contribution in [0.4, 0.5) is 0 Å². The van der Waals surface area contributed by atoms with Crippen molar-refractivity contribution in [2.75, 3.05) is 6.26 Å². The van der Waals surface area contributed by atoms with E-state index in [1.807, 2.05) is 0 Å². The molecule has 0 spiro atoms. The lowest BCUT2D eigenvalue weighted by molar-refractivity contribution is 0.319. The Kier molecular flexibility index (Phi) is 4.83. The molecule has 1 aliphatic rings. The highest BCUT2D eigenvalue weighted by Gasteiger charge is 2.23. The molecular formula is C16H21NO3S. The van der Waals surface area contributed by atoms with Crippen molar-refractivity contribution in [3.63, 3.8) is 0 Å². The van der Waals surface area contributed by atoms with Gasteiger partial charge < -0.3 is 5.21 Å². The normalized spacial score (nSPS) is 17.7. The summed E-state index contributed by atoms with van der Waals surface area (Å²) in [6, 6.07) is 6.83. The molecule has 1 aromatic carbocycles. The smallest absolute Gasteiger partial charge is 0.175 e. The highest BCUT2D eigenvalue weighted by atomic mass is 32.2. The largest absolute Gasteiger partial charge is 0.411 e. The molecule has 5 heteroatoms. The van der Waals surface area contributed by atoms with Crippen molar-refractivity contribution >= 4 is 21.1 Å². The number of hydrogen-bond donors (Lipinski definition) is 1. The average Bonchev–Trinajstić information content (AvgIpc) is 2.87. The summed E-state index contributed by atoms with van der Waals surface area (Å²) >= 11 is 0. The van der Waals surface area contributed by atoms with Gasteiger partial charge in [-0.25, -0.2) is 8.42 Å². The Labute approximate surface area is 126 Å². The van der Waals surface area contributed by atoms with Crippen molar-refractivity contribution in [2.24, 2.45) is 5.16 Å². The van der Waals surface area contributed by atoms with Crippen LogP contribution in [0.3, 0.4) is 0 Å². The molecule has 0 heterocycles. The number of rotatable bonds is 5. The van der Waals surface area contributed by atoms with E-state index in [0.29, 0.717) is 10.6 Å². The minimum atomic E-state index is -3.19. The maximum atomic E-state index is 11.5. The number of oxime groups is 1. The fraction of sp³-hybridized carbons (Fsp3) is 0.438. The molecule has 0 amide bonds. The van der Waals surface area contributed by atoms with Gasteiger partial charge in [-0.05, 0) is 43.4 Å². The molecule has 1 aliphatic carbocycles. The zero-order valence-electron chi connectivity index (χ0n) is 12.5. The number of sulfone groups is 1. The van der Waals surface area contributed by atoms with Crippen molar-refractivity contribution in [3.8, 4) is 0 Å². The summed E-state index contributed by atoms with van der Waals surface area (Å²) < 4.78 is 23.0. The van der Waals surface area contributed by atoms with Gasteiger partial charge in [0.15, 0.2) is 9.84 Å². The molecule has 0 aromatic heterocycles. The number of hydrogen-bond acceptors (Lipinski definition) is 4. The van der Waals surface area contributed by atoms with Gasteiger partial charge in [-0.15, -0.1) is 0 Å². The van der Waals surface area contributed by atoms with E-state index in [1.54, 1.807) is 24.3 Å². The van der Waals surface area contributed by atoms with Crippen LogP contribution in [0.15, 0.2) is 39.9 Å². The molecule has 4 nitrogen and oxygen atoms in total. The van der Waals surface area contributed by atoms with E-state index in [9.17, 15) is 13.6 Å². The maximum absolute atomic E-state index is 11.5. The minimum Gasteiger partial charge on any atom is -0.411 e. The quantitative estimate of drug-likeness (QED) is 0.667. The molecule has 0 unspecified atom stereocenters. The number of allylic oxidation sites excluding steroid dienone is 2. The number of benzene rings is 1. The van der Waals surface area contributed by atoms with Crippen LogP contribution in [0.1, 0.15) is 44.6 Å². The van der Waals surface area contributed by atoms with Gasteiger partial charge in [-0.2, -0.15) is 0 Å². The Bertz CT molecular complexity index is 670. The van der Waals surface area contributed by atoms with Crippen molar-refractivity contribution in [1.29, 1.82) is 0 Å². The third-order valence-electron chi connectivity index (χ3n) is 3.83. The summed E-state index contributed by atoms with van der Waals surface area (Å²) in [5.41, 5.74) is 3.93. The summed E-state index contributed by atoms with van der Waals surface area (Å²) in [6.45, 7) is 2.15. The molecule has 1 aromatic rings. The van der Waals surface area contributed by atoms with E-state index >= 15 is 0 Å². The van der Waals surface area contributed by atoms with Gasteiger partial charge in [0, 0.05) is 11.8 Å². The molecule has 0 radical (unpaired) electrons. The zero-order chi connectivity index (χ0) is 15.5. The zero-order valence-corrected chi connectivity index (χ0v) is 13.3. The van der Waals surface area contributed by atoms with Crippen molar-refractivity contribution in [3.05, 3.63) is 35.4 Å². The van der Waals surface area contributed by atoms with Crippen LogP contribution < -0.4 is 0 Å². The second kappa shape index (κ2) is 6.43. The summed E-state index contributed by atoms with van der Waals surface area (Å²) in [5, 5.41) is 12.6. The summed E-state index contributed by atoms with van der Waals surface area (Å²) in [4.78, 5) is 0.308. The van der Waals surface area contributed by atoms with Crippen LogP contribution in [0.25, 0.3) is 5.57 Å². The molecule has 114 valence electrons. The molecule has 1 N–H and O–H groups in total. The highest BCUT2D eigenvalue weighted by Crippen LogP contribution is 2.35. The van der Waals surface area contributed by atoms with E-state index in [2.05, 4.69) is 12.1 Å². The first-order chi connectivity index (χ1) is 9.97. The van der Waals surface area contributed by atoms with Crippen molar-refractivity contribution in [1.82, 2.24) is 0 Å². The van der Waals surface area contributed by atoms with Crippen LogP contribution in [-0.4, -0.2) is 25.6 Å². The first-order valence-corrected chi connectivity index (χ1v) is 9.10. The Balaban J connectivity index is 2.40. The van der Waals surface area contributed by atoms with Gasteiger partial charge >= 0.3 is 0 Å². The Morgan fingerprint density at radius 2 is 1.86 bits per heavy atom. The van der Waals surface area contributed by atoms with Gasteiger partial charge in [-0.1, -0.05) is 36.2 Å². The fourth-order valence-corrected chi connectivity index (χ4v) is 3.33. The summed E-state index contributed by atoms with van der Waals surface area (Å²) in [7, 11) is -3.19. The predicted molar refractivity (Wildman–Crippen MR) is 84.5 cm³/mol. The van der Waals surface area contributed by atoms with E-state index in [1.165, 1.54) is 11.8 Å². The lowest BCUT2D eigenvalue weighted by Gasteiger charge is -2.09. The standard InChI is InChI=1S/C16H21NO3S/c1-3-4-5-12-8-11-15(17-18)16(12)13-6-9-14(10-7-13)21(2,19)20/h6-7,9-10,18H,3-5,8,11H2,1-2H3/b17-15+. The lowest BCUT2D eigenvalue weighted by atomic mass is 9.98. The summed E-state index contributed by atoms with van der Waals surface area (Å²) in [6.07, 6.45) is 6.10. The van der Waals surface area contributed by atoms with Crippen molar-refractivity contribution in [2.45, 2.75) is 43.9 Å². The molecule has 21 heavy (non-hydrogen) atoms. The van der Waals surface area contributed by atoms with Gasteiger partial charge in [0.1, 0.15) is 0 Å². The van der Waals surface area contributed by atoms with Crippen LogP contribution in [0, 0.1) is 0 Å². The molecule has 0 saturated heterocycles. The second-order valence-electron chi connectivity index (χ2n) is 5.43.